The third kappa shape index (κ3) is 5.52. The molecule has 0 unspecified atom stereocenters. The predicted molar refractivity (Wildman–Crippen MR) is 145 cm³/mol. The third-order valence-corrected chi connectivity index (χ3v) is 6.94. The molecule has 0 bridgehead atoms. The van der Waals surface area contributed by atoms with Crippen LogP contribution in [0, 0.1) is 0 Å². The van der Waals surface area contributed by atoms with E-state index >= 15 is 0 Å². The molecule has 2 aromatic rings. The number of hydrogen-bond acceptors (Lipinski definition) is 8. The molecule has 0 atom stereocenters. The van der Waals surface area contributed by atoms with E-state index < -0.39 is 5.60 Å². The molecule has 1 aliphatic carbocycles. The van der Waals surface area contributed by atoms with Gasteiger partial charge in [0.05, 0.1) is 39.8 Å². The van der Waals surface area contributed by atoms with Gasteiger partial charge in [-0.2, -0.15) is 0 Å². The highest BCUT2D eigenvalue weighted by Crippen LogP contribution is 2.34. The average Bonchev–Trinajstić information content (AvgIpc) is 3.61. The van der Waals surface area contributed by atoms with E-state index in [0.717, 1.165) is 41.2 Å². The lowest BCUT2D eigenvalue weighted by Gasteiger charge is -2.22. The molecule has 2 aliphatic heterocycles. The molecule has 0 aromatic heterocycles. The molecule has 1 fully saturated rings. The van der Waals surface area contributed by atoms with Gasteiger partial charge >= 0.3 is 0 Å². The second-order valence-corrected chi connectivity index (χ2v) is 10.1. The molecule has 2 heterocycles. The molecule has 5 rings (SSSR count). The quantitative estimate of drug-likeness (QED) is 0.306. The molecule has 0 saturated heterocycles. The fourth-order valence-corrected chi connectivity index (χ4v) is 4.72. The fourth-order valence-electron chi connectivity index (χ4n) is 4.72. The first-order chi connectivity index (χ1) is 18.4. The van der Waals surface area contributed by atoms with Crippen LogP contribution in [-0.4, -0.2) is 39.8 Å². The summed E-state index contributed by atoms with van der Waals surface area (Å²) in [6.07, 6.45) is 6.49. The summed E-state index contributed by atoms with van der Waals surface area (Å²) in [6.45, 7) is 4.81. The van der Waals surface area contributed by atoms with Crippen LogP contribution < -0.4 is 19.9 Å². The lowest BCUT2D eigenvalue weighted by molar-refractivity contribution is -0.0394. The zero-order valence-electron chi connectivity index (χ0n) is 22.4. The van der Waals surface area contributed by atoms with Gasteiger partial charge in [-0.3, -0.25) is 0 Å². The summed E-state index contributed by atoms with van der Waals surface area (Å²) >= 11 is 0. The topological polar surface area (TPSA) is 107 Å². The summed E-state index contributed by atoms with van der Waals surface area (Å²) in [6, 6.07) is 13.8. The van der Waals surface area contributed by atoms with Gasteiger partial charge < -0.3 is 29.2 Å². The number of nitrogen functional groups attached to an aromatic ring is 1. The van der Waals surface area contributed by atoms with Gasteiger partial charge in [0.2, 0.25) is 0 Å². The SMILES string of the molecule is COc1cccc(COC(C)(C)c2nc3c(N)ncn(Cc4ccc(OC)c(OC5CCCC5)c4)c-3n2)c1. The minimum Gasteiger partial charge on any atom is -0.497 e. The van der Waals surface area contributed by atoms with Crippen LogP contribution in [0.5, 0.6) is 17.2 Å². The predicted octanol–water partition coefficient (Wildman–Crippen LogP) is 5.20. The van der Waals surface area contributed by atoms with Crippen molar-refractivity contribution in [3.05, 3.63) is 65.7 Å². The number of ether oxygens (including phenoxy) is 4. The summed E-state index contributed by atoms with van der Waals surface area (Å²) < 4.78 is 25.4. The van der Waals surface area contributed by atoms with Gasteiger partial charge in [0, 0.05) is 0 Å². The van der Waals surface area contributed by atoms with E-state index in [1.807, 2.05) is 60.9 Å². The van der Waals surface area contributed by atoms with E-state index in [1.54, 1.807) is 20.5 Å². The summed E-state index contributed by atoms with van der Waals surface area (Å²) in [5.41, 5.74) is 8.04. The molecule has 9 heteroatoms. The number of hydrogen-bond donors (Lipinski definition) is 1. The van der Waals surface area contributed by atoms with Crippen molar-refractivity contribution in [2.75, 3.05) is 20.0 Å². The number of aromatic nitrogens is 4. The second-order valence-electron chi connectivity index (χ2n) is 10.1. The van der Waals surface area contributed by atoms with Crippen LogP contribution in [0.1, 0.15) is 56.5 Å². The molecule has 0 radical (unpaired) electrons. The second kappa shape index (κ2) is 10.9. The number of anilines is 1. The monoisotopic (exact) mass is 517 g/mol. The molecular weight excluding hydrogens is 482 g/mol. The molecule has 0 spiro atoms. The van der Waals surface area contributed by atoms with Crippen LogP contribution in [0.4, 0.5) is 5.82 Å². The lowest BCUT2D eigenvalue weighted by Crippen LogP contribution is -2.23. The first-order valence-corrected chi connectivity index (χ1v) is 13.0. The maximum atomic E-state index is 6.29. The zero-order chi connectivity index (χ0) is 26.7. The Morgan fingerprint density at radius 1 is 0.974 bits per heavy atom. The minimum atomic E-state index is -0.755. The Morgan fingerprint density at radius 2 is 1.79 bits per heavy atom. The first kappa shape index (κ1) is 25.8. The Hall–Kier alpha value is -3.85. The number of nitrogens with two attached hydrogens (primary N) is 1. The summed E-state index contributed by atoms with van der Waals surface area (Å²) in [5.74, 6) is 3.81. The van der Waals surface area contributed by atoms with Crippen molar-refractivity contribution in [1.82, 2.24) is 19.5 Å². The Bertz CT molecular complexity index is 1360. The Morgan fingerprint density at radius 3 is 2.55 bits per heavy atom. The maximum Gasteiger partial charge on any atom is 0.166 e. The van der Waals surface area contributed by atoms with Crippen LogP contribution in [0.3, 0.4) is 0 Å². The van der Waals surface area contributed by atoms with E-state index in [4.69, 9.17) is 34.6 Å². The standard InChI is InChI=1S/C29H35N5O4/c1-29(2,37-17-20-8-7-11-22(14-20)35-3)28-32-25-26(30)31-18-34(27(25)33-28)16-19-12-13-23(36-4)24(15-19)38-21-9-5-6-10-21/h7-8,11-15,18,21H,5-6,9-10,16-17,30H2,1-4H3. The lowest BCUT2D eigenvalue weighted by atomic mass is 10.1. The molecule has 2 N–H and O–H groups in total. The van der Waals surface area contributed by atoms with Gasteiger partial charge in [-0.15, -0.1) is 0 Å². The Kier molecular flexibility index (Phi) is 7.37. The van der Waals surface area contributed by atoms with Crippen molar-refractivity contribution in [1.29, 1.82) is 0 Å². The van der Waals surface area contributed by atoms with Crippen molar-refractivity contribution < 1.29 is 18.9 Å². The van der Waals surface area contributed by atoms with E-state index in [2.05, 4.69) is 4.98 Å². The minimum absolute atomic E-state index is 0.236. The van der Waals surface area contributed by atoms with Gasteiger partial charge in [0.1, 0.15) is 11.4 Å². The zero-order valence-corrected chi connectivity index (χ0v) is 22.4. The van der Waals surface area contributed by atoms with Crippen molar-refractivity contribution in [2.45, 2.75) is 64.4 Å². The number of rotatable bonds is 10. The van der Waals surface area contributed by atoms with E-state index in [1.165, 1.54) is 12.8 Å². The number of nitrogens with zero attached hydrogens (tertiary/aromatic N) is 4. The Balaban J connectivity index is 1.38. The highest BCUT2D eigenvalue weighted by atomic mass is 16.5. The molecule has 0 amide bonds. The van der Waals surface area contributed by atoms with Crippen molar-refractivity contribution in [3.63, 3.8) is 0 Å². The van der Waals surface area contributed by atoms with Crippen LogP contribution in [0.15, 0.2) is 48.8 Å². The fraction of sp³-hybridized carbons (Fsp3) is 0.414. The van der Waals surface area contributed by atoms with Crippen molar-refractivity contribution >= 4 is 5.82 Å². The number of imidazole rings is 1. The normalized spacial score (nSPS) is 14.2. The highest BCUT2D eigenvalue weighted by molar-refractivity contribution is 5.65. The first-order valence-electron chi connectivity index (χ1n) is 13.0. The molecule has 38 heavy (non-hydrogen) atoms. The molecule has 3 aliphatic rings. The van der Waals surface area contributed by atoms with Crippen molar-refractivity contribution in [3.8, 4) is 28.8 Å². The van der Waals surface area contributed by atoms with Crippen LogP contribution in [-0.2, 0) is 23.5 Å². The smallest absolute Gasteiger partial charge is 0.166 e. The molecule has 9 nitrogen and oxygen atoms in total. The van der Waals surface area contributed by atoms with Gasteiger partial charge in [-0.1, -0.05) is 18.2 Å². The average molecular weight is 518 g/mol. The van der Waals surface area contributed by atoms with Crippen LogP contribution >= 0.6 is 0 Å². The highest BCUT2D eigenvalue weighted by Gasteiger charge is 2.30. The molecule has 1 saturated carbocycles. The number of methoxy groups -OCH3 is 2. The van der Waals surface area contributed by atoms with Gasteiger partial charge in [0.15, 0.2) is 34.7 Å². The van der Waals surface area contributed by atoms with Gasteiger partial charge in [-0.25, -0.2) is 15.0 Å². The summed E-state index contributed by atoms with van der Waals surface area (Å²) in [7, 11) is 3.31. The number of benzene rings is 2. The Labute approximate surface area is 223 Å². The van der Waals surface area contributed by atoms with Crippen molar-refractivity contribution in [2.24, 2.45) is 0 Å². The van der Waals surface area contributed by atoms with E-state index in [0.29, 0.717) is 36.3 Å². The van der Waals surface area contributed by atoms with Crippen LogP contribution in [0.25, 0.3) is 11.5 Å². The molecule has 2 aromatic carbocycles. The maximum absolute atomic E-state index is 6.29. The number of fused-ring (bicyclic) bond motifs is 1. The van der Waals surface area contributed by atoms with E-state index in [9.17, 15) is 0 Å². The molecular formula is C29H35N5O4. The van der Waals surface area contributed by atoms with Crippen LogP contribution in [0.2, 0.25) is 0 Å². The van der Waals surface area contributed by atoms with Gasteiger partial charge in [0.25, 0.3) is 0 Å². The molecule has 200 valence electrons. The third-order valence-electron chi connectivity index (χ3n) is 6.94. The largest absolute Gasteiger partial charge is 0.497 e. The van der Waals surface area contributed by atoms with Gasteiger partial charge in [-0.05, 0) is 74.9 Å². The summed E-state index contributed by atoms with van der Waals surface area (Å²) in [4.78, 5) is 14.0. The summed E-state index contributed by atoms with van der Waals surface area (Å²) in [5, 5.41) is 0. The van der Waals surface area contributed by atoms with E-state index in [-0.39, 0.29) is 6.10 Å².